The summed E-state index contributed by atoms with van der Waals surface area (Å²) in [5.74, 6) is 1.14. The standard InChI is InChI=1S/C14H22N2O/c1-15-7-2-3-11-10-16(8-6-14(11)15)12-4-5-13(17)9-12/h9,11,14H,2-8,10H2,1H3. The van der Waals surface area contributed by atoms with Gasteiger partial charge < -0.3 is 9.80 Å². The summed E-state index contributed by atoms with van der Waals surface area (Å²) in [6.07, 6.45) is 7.57. The van der Waals surface area contributed by atoms with Crippen molar-refractivity contribution in [1.29, 1.82) is 0 Å². The first-order valence-electron chi connectivity index (χ1n) is 6.92. The van der Waals surface area contributed by atoms with Gasteiger partial charge in [-0.2, -0.15) is 0 Å². The molecule has 3 rings (SSSR count). The van der Waals surface area contributed by atoms with Crippen molar-refractivity contribution in [3.8, 4) is 0 Å². The van der Waals surface area contributed by atoms with Crippen molar-refractivity contribution in [3.05, 3.63) is 11.8 Å². The molecule has 0 amide bonds. The number of piperidine rings is 2. The lowest BCUT2D eigenvalue weighted by Gasteiger charge is -2.47. The molecule has 0 aromatic carbocycles. The third-order valence-electron chi connectivity index (χ3n) is 4.71. The molecule has 2 aliphatic heterocycles. The van der Waals surface area contributed by atoms with E-state index in [1.54, 1.807) is 0 Å². The molecule has 0 saturated carbocycles. The Kier molecular flexibility index (Phi) is 2.95. The second-order valence-electron chi connectivity index (χ2n) is 5.79. The number of hydrogen-bond acceptors (Lipinski definition) is 3. The molecule has 2 unspecified atom stereocenters. The maximum Gasteiger partial charge on any atom is 0.157 e. The largest absolute Gasteiger partial charge is 0.374 e. The Bertz CT molecular complexity index is 350. The fraction of sp³-hybridized carbons (Fsp3) is 0.786. The van der Waals surface area contributed by atoms with E-state index in [1.807, 2.05) is 6.08 Å². The Morgan fingerprint density at radius 2 is 2.12 bits per heavy atom. The van der Waals surface area contributed by atoms with Crippen LogP contribution in [0.25, 0.3) is 0 Å². The van der Waals surface area contributed by atoms with Gasteiger partial charge in [-0.1, -0.05) is 0 Å². The summed E-state index contributed by atoms with van der Waals surface area (Å²) in [4.78, 5) is 16.3. The highest BCUT2D eigenvalue weighted by Crippen LogP contribution is 2.32. The molecule has 0 aromatic rings. The molecule has 1 aliphatic carbocycles. The summed E-state index contributed by atoms with van der Waals surface area (Å²) in [6, 6.07) is 0.790. The van der Waals surface area contributed by atoms with Gasteiger partial charge in [-0.25, -0.2) is 0 Å². The second kappa shape index (κ2) is 4.45. The number of rotatable bonds is 1. The first-order chi connectivity index (χ1) is 8.24. The van der Waals surface area contributed by atoms with Gasteiger partial charge in [0.25, 0.3) is 0 Å². The van der Waals surface area contributed by atoms with Gasteiger partial charge in [0.05, 0.1) is 0 Å². The molecule has 94 valence electrons. The Morgan fingerprint density at radius 3 is 2.88 bits per heavy atom. The van der Waals surface area contributed by atoms with Gasteiger partial charge in [0.1, 0.15) is 0 Å². The van der Waals surface area contributed by atoms with E-state index >= 15 is 0 Å². The van der Waals surface area contributed by atoms with Crippen molar-refractivity contribution in [2.45, 2.75) is 38.1 Å². The molecule has 0 radical (unpaired) electrons. The number of fused-ring (bicyclic) bond motifs is 1. The minimum atomic E-state index is 0.322. The van der Waals surface area contributed by atoms with Gasteiger partial charge in [0.2, 0.25) is 0 Å². The molecule has 0 bridgehead atoms. The van der Waals surface area contributed by atoms with E-state index in [1.165, 1.54) is 38.0 Å². The summed E-state index contributed by atoms with van der Waals surface area (Å²) < 4.78 is 0. The fourth-order valence-corrected chi connectivity index (χ4v) is 3.74. The lowest BCUT2D eigenvalue weighted by molar-refractivity contribution is -0.114. The lowest BCUT2D eigenvalue weighted by Crippen LogP contribution is -2.52. The van der Waals surface area contributed by atoms with Crippen LogP contribution in [0, 0.1) is 5.92 Å². The predicted molar refractivity (Wildman–Crippen MR) is 67.7 cm³/mol. The van der Waals surface area contributed by atoms with Crippen LogP contribution in [-0.2, 0) is 4.79 Å². The van der Waals surface area contributed by atoms with Gasteiger partial charge in [-0.15, -0.1) is 0 Å². The van der Waals surface area contributed by atoms with Crippen LogP contribution in [0.5, 0.6) is 0 Å². The first-order valence-corrected chi connectivity index (χ1v) is 6.92. The summed E-state index contributed by atoms with van der Waals surface area (Å²) >= 11 is 0. The quantitative estimate of drug-likeness (QED) is 0.689. The molecule has 3 aliphatic rings. The average molecular weight is 234 g/mol. The number of allylic oxidation sites excluding steroid dienone is 2. The van der Waals surface area contributed by atoms with E-state index in [-0.39, 0.29) is 0 Å². The third-order valence-corrected chi connectivity index (χ3v) is 4.71. The highest BCUT2D eigenvalue weighted by Gasteiger charge is 2.35. The van der Waals surface area contributed by atoms with Crippen LogP contribution in [0.3, 0.4) is 0 Å². The van der Waals surface area contributed by atoms with Gasteiger partial charge in [0.15, 0.2) is 5.78 Å². The zero-order chi connectivity index (χ0) is 11.8. The number of carbonyl (C=O) groups is 1. The maximum atomic E-state index is 11.3. The van der Waals surface area contributed by atoms with Gasteiger partial charge >= 0.3 is 0 Å². The lowest BCUT2D eigenvalue weighted by atomic mass is 9.84. The molecule has 0 N–H and O–H groups in total. The molecule has 2 heterocycles. The zero-order valence-electron chi connectivity index (χ0n) is 10.7. The number of hydrogen-bond donors (Lipinski definition) is 0. The predicted octanol–water partition coefficient (Wildman–Crippen LogP) is 1.65. The molecular formula is C14H22N2O. The number of carbonyl (C=O) groups excluding carboxylic acids is 1. The molecular weight excluding hydrogens is 212 g/mol. The van der Waals surface area contributed by atoms with Crippen molar-refractivity contribution in [1.82, 2.24) is 9.80 Å². The second-order valence-corrected chi connectivity index (χ2v) is 5.79. The Balaban J connectivity index is 1.68. The molecule has 2 atom stereocenters. The van der Waals surface area contributed by atoms with Gasteiger partial charge in [-0.05, 0) is 45.2 Å². The van der Waals surface area contributed by atoms with Crippen molar-refractivity contribution >= 4 is 5.78 Å². The van der Waals surface area contributed by atoms with E-state index in [2.05, 4.69) is 16.8 Å². The molecule has 2 saturated heterocycles. The monoisotopic (exact) mass is 234 g/mol. The van der Waals surface area contributed by atoms with E-state index in [0.717, 1.165) is 31.3 Å². The molecule has 0 aromatic heterocycles. The highest BCUT2D eigenvalue weighted by molar-refractivity contribution is 5.92. The highest BCUT2D eigenvalue weighted by atomic mass is 16.1. The van der Waals surface area contributed by atoms with Crippen LogP contribution in [0.1, 0.15) is 32.1 Å². The molecule has 3 nitrogen and oxygen atoms in total. The van der Waals surface area contributed by atoms with Crippen molar-refractivity contribution in [2.24, 2.45) is 5.92 Å². The summed E-state index contributed by atoms with van der Waals surface area (Å²) in [5, 5.41) is 0. The van der Waals surface area contributed by atoms with E-state index in [4.69, 9.17) is 0 Å². The van der Waals surface area contributed by atoms with E-state index < -0.39 is 0 Å². The molecule has 17 heavy (non-hydrogen) atoms. The Morgan fingerprint density at radius 1 is 1.24 bits per heavy atom. The Labute approximate surface area is 103 Å². The summed E-state index contributed by atoms with van der Waals surface area (Å²) in [5.41, 5.74) is 1.31. The minimum Gasteiger partial charge on any atom is -0.374 e. The van der Waals surface area contributed by atoms with Crippen LogP contribution >= 0.6 is 0 Å². The normalized spacial score (nSPS) is 34.8. The van der Waals surface area contributed by atoms with Crippen LogP contribution in [0.4, 0.5) is 0 Å². The minimum absolute atomic E-state index is 0.322. The van der Waals surface area contributed by atoms with Crippen LogP contribution in [-0.4, -0.2) is 48.3 Å². The van der Waals surface area contributed by atoms with Crippen molar-refractivity contribution in [2.75, 3.05) is 26.7 Å². The summed E-state index contributed by atoms with van der Waals surface area (Å²) in [7, 11) is 2.27. The SMILES string of the molecule is CN1CCCC2CN(C3=CC(=O)CC3)CCC21. The van der Waals surface area contributed by atoms with Gasteiger partial charge in [0, 0.05) is 37.3 Å². The smallest absolute Gasteiger partial charge is 0.157 e. The first kappa shape index (κ1) is 11.3. The molecule has 2 fully saturated rings. The van der Waals surface area contributed by atoms with Crippen LogP contribution in [0.2, 0.25) is 0 Å². The van der Waals surface area contributed by atoms with Crippen LogP contribution < -0.4 is 0 Å². The van der Waals surface area contributed by atoms with Crippen molar-refractivity contribution in [3.63, 3.8) is 0 Å². The van der Waals surface area contributed by atoms with Crippen LogP contribution in [0.15, 0.2) is 11.8 Å². The molecule has 3 heteroatoms. The fourth-order valence-electron chi connectivity index (χ4n) is 3.74. The average Bonchev–Trinajstić information content (AvgIpc) is 2.76. The van der Waals surface area contributed by atoms with Crippen molar-refractivity contribution < 1.29 is 4.79 Å². The number of nitrogens with zero attached hydrogens (tertiary/aromatic N) is 2. The topological polar surface area (TPSA) is 23.6 Å². The zero-order valence-corrected chi connectivity index (χ0v) is 10.7. The van der Waals surface area contributed by atoms with Gasteiger partial charge in [-0.3, -0.25) is 4.79 Å². The van der Waals surface area contributed by atoms with E-state index in [9.17, 15) is 4.79 Å². The number of likely N-dealkylation sites (tertiary alicyclic amines) is 2. The summed E-state index contributed by atoms with van der Waals surface area (Å²) in [6.45, 7) is 3.58. The number of ketones is 1. The maximum absolute atomic E-state index is 11.3. The Hall–Kier alpha value is -0.830. The van der Waals surface area contributed by atoms with E-state index in [0.29, 0.717) is 5.78 Å². The molecule has 0 spiro atoms. The third kappa shape index (κ3) is 2.13.